The molecule has 1 aromatic carbocycles. The first-order valence-corrected chi connectivity index (χ1v) is 9.04. The Bertz CT molecular complexity index is 1010. The topological polar surface area (TPSA) is 38.1 Å². The second-order valence-electron chi connectivity index (χ2n) is 6.34. The SMILES string of the molecule is Cc1csc2c(=O)n3c(nc12)CCN(Cc1ccc(F)cc1F)CC3. The lowest BCUT2D eigenvalue weighted by Crippen LogP contribution is -2.28. The minimum Gasteiger partial charge on any atom is -0.297 e. The molecular weight excluding hydrogens is 344 g/mol. The van der Waals surface area contributed by atoms with Gasteiger partial charge in [-0.1, -0.05) is 6.07 Å². The van der Waals surface area contributed by atoms with E-state index >= 15 is 0 Å². The summed E-state index contributed by atoms with van der Waals surface area (Å²) in [6, 6.07) is 3.66. The highest BCUT2D eigenvalue weighted by Gasteiger charge is 2.20. The summed E-state index contributed by atoms with van der Waals surface area (Å²) in [6.45, 7) is 4.18. The van der Waals surface area contributed by atoms with E-state index in [1.54, 1.807) is 4.57 Å². The van der Waals surface area contributed by atoms with Gasteiger partial charge >= 0.3 is 0 Å². The Balaban J connectivity index is 1.60. The van der Waals surface area contributed by atoms with Gasteiger partial charge in [0.1, 0.15) is 22.2 Å². The molecule has 3 heterocycles. The molecule has 4 rings (SSSR count). The lowest BCUT2D eigenvalue weighted by molar-refractivity contribution is 0.267. The Morgan fingerprint density at radius 1 is 1.24 bits per heavy atom. The largest absolute Gasteiger partial charge is 0.297 e. The molecule has 130 valence electrons. The van der Waals surface area contributed by atoms with E-state index in [9.17, 15) is 13.6 Å². The third-order valence-electron chi connectivity index (χ3n) is 4.63. The smallest absolute Gasteiger partial charge is 0.271 e. The van der Waals surface area contributed by atoms with Gasteiger partial charge in [0.15, 0.2) is 0 Å². The third kappa shape index (κ3) is 2.98. The van der Waals surface area contributed by atoms with E-state index in [2.05, 4.69) is 9.88 Å². The van der Waals surface area contributed by atoms with Crippen molar-refractivity contribution in [3.8, 4) is 0 Å². The van der Waals surface area contributed by atoms with Crippen LogP contribution in [0.3, 0.4) is 0 Å². The summed E-state index contributed by atoms with van der Waals surface area (Å²) in [6.07, 6.45) is 0.628. The van der Waals surface area contributed by atoms with Crippen molar-refractivity contribution in [2.75, 3.05) is 13.1 Å². The monoisotopic (exact) mass is 361 g/mol. The molecular formula is C18H17F2N3OS. The molecule has 0 bridgehead atoms. The van der Waals surface area contributed by atoms with Crippen molar-refractivity contribution < 1.29 is 8.78 Å². The Labute approximate surface area is 147 Å². The fraction of sp³-hybridized carbons (Fsp3) is 0.333. The molecule has 7 heteroatoms. The van der Waals surface area contributed by atoms with Crippen molar-refractivity contribution in [3.05, 3.63) is 62.5 Å². The summed E-state index contributed by atoms with van der Waals surface area (Å²) in [7, 11) is 0. The second-order valence-corrected chi connectivity index (χ2v) is 7.22. The van der Waals surface area contributed by atoms with Gasteiger partial charge in [-0.15, -0.1) is 11.3 Å². The summed E-state index contributed by atoms with van der Waals surface area (Å²) in [4.78, 5) is 19.5. The molecule has 3 aromatic rings. The first-order valence-electron chi connectivity index (χ1n) is 8.17. The lowest BCUT2D eigenvalue weighted by atomic mass is 10.2. The first-order chi connectivity index (χ1) is 12.0. The third-order valence-corrected chi connectivity index (χ3v) is 5.71. The van der Waals surface area contributed by atoms with Crippen molar-refractivity contribution in [1.82, 2.24) is 14.5 Å². The van der Waals surface area contributed by atoms with E-state index in [4.69, 9.17) is 0 Å². The maximum absolute atomic E-state index is 13.9. The van der Waals surface area contributed by atoms with Crippen LogP contribution in [0.25, 0.3) is 10.2 Å². The van der Waals surface area contributed by atoms with Gasteiger partial charge in [-0.05, 0) is 23.9 Å². The molecule has 0 N–H and O–H groups in total. The number of hydrogen-bond donors (Lipinski definition) is 0. The summed E-state index contributed by atoms with van der Waals surface area (Å²) < 4.78 is 29.4. The highest BCUT2D eigenvalue weighted by Crippen LogP contribution is 2.22. The number of benzene rings is 1. The summed E-state index contributed by atoms with van der Waals surface area (Å²) >= 11 is 1.43. The average molecular weight is 361 g/mol. The first kappa shape index (κ1) is 16.4. The molecule has 0 atom stereocenters. The van der Waals surface area contributed by atoms with Crippen LogP contribution in [0.5, 0.6) is 0 Å². The molecule has 1 aliphatic rings. The Hall–Kier alpha value is -2.12. The summed E-state index contributed by atoms with van der Waals surface area (Å²) in [5, 5.41) is 1.96. The highest BCUT2D eigenvalue weighted by molar-refractivity contribution is 7.17. The zero-order valence-electron chi connectivity index (χ0n) is 13.8. The van der Waals surface area contributed by atoms with E-state index in [-0.39, 0.29) is 5.56 Å². The van der Waals surface area contributed by atoms with E-state index in [0.717, 1.165) is 23.0 Å². The maximum atomic E-state index is 13.9. The predicted molar refractivity (Wildman–Crippen MR) is 94.0 cm³/mol. The lowest BCUT2D eigenvalue weighted by Gasteiger charge is -2.19. The van der Waals surface area contributed by atoms with Crippen LogP contribution in [0.4, 0.5) is 8.78 Å². The number of aryl methyl sites for hydroxylation is 1. The van der Waals surface area contributed by atoms with Gasteiger partial charge in [0.05, 0.1) is 5.52 Å². The number of fused-ring (bicyclic) bond motifs is 2. The number of aromatic nitrogens is 2. The normalized spacial score (nSPS) is 15.3. The molecule has 0 amide bonds. The van der Waals surface area contributed by atoms with E-state index in [1.165, 1.54) is 23.5 Å². The molecule has 0 radical (unpaired) electrons. The van der Waals surface area contributed by atoms with Crippen LogP contribution in [0.1, 0.15) is 17.0 Å². The second kappa shape index (κ2) is 6.31. The number of halogens is 2. The van der Waals surface area contributed by atoms with Crippen molar-refractivity contribution in [3.63, 3.8) is 0 Å². The van der Waals surface area contributed by atoms with E-state index in [0.29, 0.717) is 42.9 Å². The molecule has 25 heavy (non-hydrogen) atoms. The standard InChI is InChI=1S/C18H17F2N3OS/c1-11-10-25-17-16(11)21-15-4-5-22(6-7-23(15)18(17)24)9-12-2-3-13(19)8-14(12)20/h2-3,8,10H,4-7,9H2,1H3. The molecule has 0 fully saturated rings. The number of hydrogen-bond acceptors (Lipinski definition) is 4. The Kier molecular flexibility index (Phi) is 4.13. The highest BCUT2D eigenvalue weighted by atomic mass is 32.1. The van der Waals surface area contributed by atoms with Crippen LogP contribution in [0, 0.1) is 18.6 Å². The van der Waals surface area contributed by atoms with Crippen LogP contribution in [0.15, 0.2) is 28.4 Å². The van der Waals surface area contributed by atoms with Gasteiger partial charge in [0.2, 0.25) is 0 Å². The van der Waals surface area contributed by atoms with Gasteiger partial charge in [-0.25, -0.2) is 13.8 Å². The molecule has 0 aliphatic carbocycles. The Morgan fingerprint density at radius 3 is 2.88 bits per heavy atom. The quantitative estimate of drug-likeness (QED) is 0.704. The molecule has 0 saturated heterocycles. The van der Waals surface area contributed by atoms with E-state index in [1.807, 2.05) is 12.3 Å². The van der Waals surface area contributed by atoms with Crippen LogP contribution in [-0.2, 0) is 19.5 Å². The maximum Gasteiger partial charge on any atom is 0.271 e. The van der Waals surface area contributed by atoms with Crippen LogP contribution in [0.2, 0.25) is 0 Å². The van der Waals surface area contributed by atoms with Crippen molar-refractivity contribution in [1.29, 1.82) is 0 Å². The number of thiophene rings is 1. The Morgan fingerprint density at radius 2 is 2.08 bits per heavy atom. The molecule has 4 nitrogen and oxygen atoms in total. The zero-order chi connectivity index (χ0) is 17.6. The van der Waals surface area contributed by atoms with Gasteiger partial charge < -0.3 is 0 Å². The van der Waals surface area contributed by atoms with Crippen LogP contribution >= 0.6 is 11.3 Å². The van der Waals surface area contributed by atoms with Crippen LogP contribution in [-0.4, -0.2) is 27.5 Å². The molecule has 0 spiro atoms. The predicted octanol–water partition coefficient (Wildman–Crippen LogP) is 3.10. The minimum atomic E-state index is -0.573. The van der Waals surface area contributed by atoms with Gasteiger partial charge in [-0.3, -0.25) is 14.3 Å². The van der Waals surface area contributed by atoms with Crippen molar-refractivity contribution in [2.24, 2.45) is 0 Å². The fourth-order valence-corrected chi connectivity index (χ4v) is 4.18. The van der Waals surface area contributed by atoms with Gasteiger partial charge in [-0.2, -0.15) is 0 Å². The molecule has 0 saturated carbocycles. The number of rotatable bonds is 2. The molecule has 2 aromatic heterocycles. The number of nitrogens with zero attached hydrogens (tertiary/aromatic N) is 3. The molecule has 1 aliphatic heterocycles. The summed E-state index contributed by atoms with van der Waals surface area (Å²) in [5.74, 6) is -0.329. The van der Waals surface area contributed by atoms with Crippen molar-refractivity contribution >= 4 is 21.6 Å². The van der Waals surface area contributed by atoms with Crippen LogP contribution < -0.4 is 5.56 Å². The summed E-state index contributed by atoms with van der Waals surface area (Å²) in [5.41, 5.74) is 2.28. The van der Waals surface area contributed by atoms with Gasteiger partial charge in [0, 0.05) is 44.2 Å². The molecule has 0 unspecified atom stereocenters. The zero-order valence-corrected chi connectivity index (χ0v) is 14.6. The van der Waals surface area contributed by atoms with E-state index < -0.39 is 11.6 Å². The minimum absolute atomic E-state index is 0.00733. The van der Waals surface area contributed by atoms with Crippen molar-refractivity contribution in [2.45, 2.75) is 26.4 Å². The average Bonchev–Trinajstić information content (AvgIpc) is 2.83. The van der Waals surface area contributed by atoms with Gasteiger partial charge in [0.25, 0.3) is 5.56 Å². The fourth-order valence-electron chi connectivity index (χ4n) is 3.24.